The molecule has 0 amide bonds. The molecule has 0 saturated carbocycles. The van der Waals surface area contributed by atoms with Crippen LogP contribution >= 0.6 is 11.3 Å². The number of anilines is 1. The summed E-state index contributed by atoms with van der Waals surface area (Å²) in [6.07, 6.45) is 2.68. The summed E-state index contributed by atoms with van der Waals surface area (Å²) in [5.41, 5.74) is 5.34. The molecule has 196 valence electrons. The third-order valence-electron chi connectivity index (χ3n) is 6.53. The molecule has 0 spiro atoms. The zero-order valence-electron chi connectivity index (χ0n) is 20.9. The van der Waals surface area contributed by atoms with Crippen molar-refractivity contribution in [2.45, 2.75) is 24.7 Å². The first-order valence-corrected chi connectivity index (χ1v) is 14.8. The van der Waals surface area contributed by atoms with Gasteiger partial charge in [-0.05, 0) is 42.7 Å². The molecule has 0 radical (unpaired) electrons. The fourth-order valence-electron chi connectivity index (χ4n) is 4.53. The monoisotopic (exact) mass is 548 g/mol. The molecule has 0 bridgehead atoms. The number of sulfonamides is 1. The van der Waals surface area contributed by atoms with Gasteiger partial charge in [-0.2, -0.15) is 9.41 Å². The SMILES string of the molecule is CCOC(=O)C1CCN(S(=O)(=O)c2cccc(-c3csc(N/N=C/c4cccc5ccccc45)n3)c2)CC1. The van der Waals surface area contributed by atoms with E-state index in [1.54, 1.807) is 31.3 Å². The summed E-state index contributed by atoms with van der Waals surface area (Å²) in [5.74, 6) is -0.502. The number of carbonyl (C=O) groups excluding carboxylic acids is 1. The standard InChI is InChI=1S/C28H28N4O4S2/c1-2-36-27(33)21-13-15-32(16-14-21)38(34,35)24-11-6-9-22(17-24)26-19-37-28(30-26)31-29-18-23-10-5-8-20-7-3-4-12-25(20)23/h3-12,17-19,21H,2,13-16H2,1H3,(H,30,31)/b29-18+. The van der Waals surface area contributed by atoms with Crippen LogP contribution in [0.3, 0.4) is 0 Å². The quantitative estimate of drug-likeness (QED) is 0.180. The van der Waals surface area contributed by atoms with Crippen molar-refractivity contribution >= 4 is 49.4 Å². The highest BCUT2D eigenvalue weighted by molar-refractivity contribution is 7.89. The third-order valence-corrected chi connectivity index (χ3v) is 9.17. The van der Waals surface area contributed by atoms with Crippen LogP contribution in [0, 0.1) is 5.92 Å². The zero-order valence-corrected chi connectivity index (χ0v) is 22.5. The number of aromatic nitrogens is 1. The van der Waals surface area contributed by atoms with Gasteiger partial charge in [-0.1, -0.05) is 54.6 Å². The van der Waals surface area contributed by atoms with Gasteiger partial charge in [0.05, 0.1) is 29.3 Å². The lowest BCUT2D eigenvalue weighted by Gasteiger charge is -2.30. The minimum Gasteiger partial charge on any atom is -0.466 e. The Morgan fingerprint density at radius 1 is 1.13 bits per heavy atom. The average molecular weight is 549 g/mol. The molecular weight excluding hydrogens is 520 g/mol. The van der Waals surface area contributed by atoms with Crippen molar-refractivity contribution in [3.63, 3.8) is 0 Å². The Morgan fingerprint density at radius 2 is 1.89 bits per heavy atom. The smallest absolute Gasteiger partial charge is 0.309 e. The van der Waals surface area contributed by atoms with Crippen LogP contribution in [-0.4, -0.2) is 49.6 Å². The number of ether oxygens (including phenoxy) is 1. The Hall–Kier alpha value is -3.60. The second-order valence-corrected chi connectivity index (χ2v) is 11.7. The van der Waals surface area contributed by atoms with E-state index in [4.69, 9.17) is 4.74 Å². The molecule has 1 aliphatic heterocycles. The molecule has 0 atom stereocenters. The van der Waals surface area contributed by atoms with Gasteiger partial charge in [-0.3, -0.25) is 10.2 Å². The number of fused-ring (bicyclic) bond motifs is 1. The van der Waals surface area contributed by atoms with Crippen LogP contribution in [0.15, 0.2) is 82.1 Å². The van der Waals surface area contributed by atoms with Crippen molar-refractivity contribution in [1.82, 2.24) is 9.29 Å². The van der Waals surface area contributed by atoms with E-state index in [1.807, 2.05) is 35.7 Å². The lowest BCUT2D eigenvalue weighted by Crippen LogP contribution is -2.40. The Morgan fingerprint density at radius 3 is 2.71 bits per heavy atom. The summed E-state index contributed by atoms with van der Waals surface area (Å²) in [4.78, 5) is 16.8. The van der Waals surface area contributed by atoms with Crippen LogP contribution in [0.4, 0.5) is 5.13 Å². The summed E-state index contributed by atoms with van der Waals surface area (Å²) < 4.78 is 33.1. The molecule has 10 heteroatoms. The minimum absolute atomic E-state index is 0.209. The van der Waals surface area contributed by atoms with Gasteiger partial charge >= 0.3 is 5.97 Å². The lowest BCUT2D eigenvalue weighted by atomic mass is 9.98. The van der Waals surface area contributed by atoms with Gasteiger partial charge in [0.1, 0.15) is 0 Å². The fourth-order valence-corrected chi connectivity index (χ4v) is 6.72. The van der Waals surface area contributed by atoms with E-state index in [0.29, 0.717) is 35.8 Å². The fraction of sp³-hybridized carbons (Fsp3) is 0.250. The average Bonchev–Trinajstić information content (AvgIpc) is 3.42. The molecule has 8 nitrogen and oxygen atoms in total. The first-order valence-electron chi connectivity index (χ1n) is 12.5. The second-order valence-electron chi connectivity index (χ2n) is 8.93. The highest BCUT2D eigenvalue weighted by atomic mass is 32.2. The summed E-state index contributed by atoms with van der Waals surface area (Å²) >= 11 is 1.39. The molecule has 1 fully saturated rings. The summed E-state index contributed by atoms with van der Waals surface area (Å²) in [7, 11) is -3.69. The number of benzene rings is 3. The first kappa shape index (κ1) is 26.0. The van der Waals surface area contributed by atoms with Crippen molar-refractivity contribution in [1.29, 1.82) is 0 Å². The number of esters is 1. The number of hydrogen-bond donors (Lipinski definition) is 1. The van der Waals surface area contributed by atoms with Gasteiger partial charge in [0.15, 0.2) is 0 Å². The largest absolute Gasteiger partial charge is 0.466 e. The Balaban J connectivity index is 1.26. The Labute approximate surface area is 226 Å². The van der Waals surface area contributed by atoms with Gasteiger partial charge in [-0.15, -0.1) is 11.3 Å². The van der Waals surface area contributed by atoms with Crippen molar-refractivity contribution in [3.05, 3.63) is 77.7 Å². The van der Waals surface area contributed by atoms with Crippen LogP contribution < -0.4 is 5.43 Å². The molecule has 2 heterocycles. The summed E-state index contributed by atoms with van der Waals surface area (Å²) in [6.45, 7) is 2.67. The van der Waals surface area contributed by atoms with Gasteiger partial charge in [0.2, 0.25) is 15.2 Å². The van der Waals surface area contributed by atoms with Crippen molar-refractivity contribution < 1.29 is 17.9 Å². The van der Waals surface area contributed by atoms with Crippen molar-refractivity contribution in [3.8, 4) is 11.3 Å². The van der Waals surface area contributed by atoms with E-state index in [1.165, 1.54) is 15.6 Å². The maximum Gasteiger partial charge on any atom is 0.309 e. The van der Waals surface area contributed by atoms with Crippen molar-refractivity contribution in [2.24, 2.45) is 11.0 Å². The Bertz CT molecular complexity index is 1570. The topological polar surface area (TPSA) is 101 Å². The molecule has 0 unspecified atom stereocenters. The zero-order chi connectivity index (χ0) is 26.5. The van der Waals surface area contributed by atoms with Crippen molar-refractivity contribution in [2.75, 3.05) is 25.1 Å². The molecule has 0 aliphatic carbocycles. The predicted molar refractivity (Wildman–Crippen MR) is 151 cm³/mol. The lowest BCUT2D eigenvalue weighted by molar-refractivity contribution is -0.149. The van der Waals surface area contributed by atoms with E-state index in [-0.39, 0.29) is 29.9 Å². The Kier molecular flexibility index (Phi) is 7.82. The second kappa shape index (κ2) is 11.4. The molecular formula is C28H28N4O4S2. The van der Waals surface area contributed by atoms with E-state index < -0.39 is 10.0 Å². The number of piperidine rings is 1. The summed E-state index contributed by atoms with van der Waals surface area (Å²) in [5, 5.41) is 9.08. The molecule has 3 aromatic carbocycles. The van der Waals surface area contributed by atoms with E-state index in [0.717, 1.165) is 16.3 Å². The van der Waals surface area contributed by atoms with Crippen LogP contribution in [0.1, 0.15) is 25.3 Å². The van der Waals surface area contributed by atoms with Gasteiger partial charge in [0.25, 0.3) is 0 Å². The predicted octanol–water partition coefficient (Wildman–Crippen LogP) is 5.37. The van der Waals surface area contributed by atoms with E-state index in [2.05, 4.69) is 33.7 Å². The van der Waals surface area contributed by atoms with Gasteiger partial charge in [0, 0.05) is 29.6 Å². The molecule has 1 saturated heterocycles. The summed E-state index contributed by atoms with van der Waals surface area (Å²) in [6, 6.07) is 21.0. The number of hydrazone groups is 1. The number of thiazole rings is 1. The van der Waals surface area contributed by atoms with Gasteiger partial charge in [-0.25, -0.2) is 13.4 Å². The number of hydrogen-bond acceptors (Lipinski definition) is 8. The van der Waals surface area contributed by atoms with Gasteiger partial charge < -0.3 is 4.74 Å². The third kappa shape index (κ3) is 5.62. The number of nitrogens with one attached hydrogen (secondary N) is 1. The first-order chi connectivity index (χ1) is 18.5. The maximum absolute atomic E-state index is 13.3. The molecule has 38 heavy (non-hydrogen) atoms. The highest BCUT2D eigenvalue weighted by Gasteiger charge is 2.32. The van der Waals surface area contributed by atoms with Crippen LogP contribution in [0.5, 0.6) is 0 Å². The maximum atomic E-state index is 13.3. The number of carbonyl (C=O) groups is 1. The van der Waals surface area contributed by atoms with Crippen LogP contribution in [-0.2, 0) is 19.6 Å². The molecule has 1 aromatic heterocycles. The number of rotatable bonds is 8. The van der Waals surface area contributed by atoms with E-state index in [9.17, 15) is 13.2 Å². The van der Waals surface area contributed by atoms with Crippen LogP contribution in [0.2, 0.25) is 0 Å². The molecule has 1 N–H and O–H groups in total. The molecule has 1 aliphatic rings. The highest BCUT2D eigenvalue weighted by Crippen LogP contribution is 2.29. The van der Waals surface area contributed by atoms with Crippen LogP contribution in [0.25, 0.3) is 22.0 Å². The molecule has 5 rings (SSSR count). The van der Waals surface area contributed by atoms with E-state index >= 15 is 0 Å². The normalized spacial score (nSPS) is 15.2. The molecule has 4 aromatic rings. The number of nitrogens with zero attached hydrogens (tertiary/aromatic N) is 3. The minimum atomic E-state index is -3.69.